The Kier molecular flexibility index (Phi) is 3.63. The lowest BCUT2D eigenvalue weighted by Crippen LogP contribution is -2.23. The molecule has 1 heterocycles. The molecule has 1 aromatic carbocycles. The van der Waals surface area contributed by atoms with Gasteiger partial charge in [-0.15, -0.1) is 0 Å². The van der Waals surface area contributed by atoms with E-state index >= 15 is 0 Å². The first-order valence-corrected chi connectivity index (χ1v) is 6.21. The number of nitrogens with one attached hydrogen (secondary N) is 1. The first-order valence-electron chi connectivity index (χ1n) is 4.51. The van der Waals surface area contributed by atoms with Gasteiger partial charge in [0.15, 0.2) is 0 Å². The first kappa shape index (κ1) is 11.6. The van der Waals surface area contributed by atoms with Crippen molar-refractivity contribution in [2.24, 2.45) is 0 Å². The van der Waals surface area contributed by atoms with Gasteiger partial charge in [-0.1, -0.05) is 29.3 Å². The Labute approximate surface area is 108 Å². The van der Waals surface area contributed by atoms with E-state index in [1.165, 1.54) is 16.3 Å². The summed E-state index contributed by atoms with van der Waals surface area (Å²) in [4.78, 5) is 11.7. The van der Waals surface area contributed by atoms with Gasteiger partial charge in [0.05, 0.1) is 10.0 Å². The SMILES string of the molecule is O=C(Nc1ccc(Cl)c(Cl)c1)N1C=CCS1. The van der Waals surface area contributed by atoms with Gasteiger partial charge >= 0.3 is 6.03 Å². The van der Waals surface area contributed by atoms with E-state index < -0.39 is 0 Å². The van der Waals surface area contributed by atoms with E-state index in [-0.39, 0.29) is 6.03 Å². The molecule has 0 saturated carbocycles. The van der Waals surface area contributed by atoms with Crippen LogP contribution < -0.4 is 5.32 Å². The highest BCUT2D eigenvalue weighted by Crippen LogP contribution is 2.26. The molecule has 1 aromatic rings. The number of halogens is 2. The van der Waals surface area contributed by atoms with Crippen LogP contribution >= 0.6 is 35.1 Å². The van der Waals surface area contributed by atoms with Crippen molar-refractivity contribution in [1.82, 2.24) is 4.31 Å². The van der Waals surface area contributed by atoms with Gasteiger partial charge in [0.1, 0.15) is 0 Å². The standard InChI is InChI=1S/C10H8Cl2N2OS/c11-8-3-2-7(6-9(8)12)13-10(15)14-4-1-5-16-14/h1-4,6H,5H2,(H,13,15). The molecule has 2 rings (SSSR count). The van der Waals surface area contributed by atoms with Gasteiger partial charge in [0.2, 0.25) is 0 Å². The fraction of sp³-hybridized carbons (Fsp3) is 0.100. The molecule has 1 aliphatic heterocycles. The van der Waals surface area contributed by atoms with Gasteiger partial charge in [-0.3, -0.25) is 0 Å². The number of hydrogen-bond donors (Lipinski definition) is 1. The molecule has 0 unspecified atom stereocenters. The van der Waals surface area contributed by atoms with Crippen molar-refractivity contribution in [3.05, 3.63) is 40.5 Å². The van der Waals surface area contributed by atoms with Crippen molar-refractivity contribution in [2.45, 2.75) is 0 Å². The third-order valence-corrected chi connectivity index (χ3v) is 3.57. The van der Waals surface area contributed by atoms with Crippen LogP contribution in [0.3, 0.4) is 0 Å². The van der Waals surface area contributed by atoms with Crippen LogP contribution in [0.15, 0.2) is 30.5 Å². The summed E-state index contributed by atoms with van der Waals surface area (Å²) in [5.41, 5.74) is 0.625. The van der Waals surface area contributed by atoms with Gasteiger partial charge in [0, 0.05) is 17.6 Å². The number of nitrogens with zero attached hydrogens (tertiary/aromatic N) is 1. The maximum absolute atomic E-state index is 11.7. The molecule has 0 aliphatic carbocycles. The molecule has 0 fully saturated rings. The molecular weight excluding hydrogens is 267 g/mol. The van der Waals surface area contributed by atoms with Crippen LogP contribution in [0.1, 0.15) is 0 Å². The smallest absolute Gasteiger partial charge is 0.307 e. The predicted octanol–water partition coefficient (Wildman–Crippen LogP) is 4.00. The number of hydrogen-bond acceptors (Lipinski definition) is 2. The fourth-order valence-corrected chi connectivity index (χ4v) is 2.15. The minimum atomic E-state index is -0.197. The Bertz CT molecular complexity index is 450. The number of rotatable bonds is 1. The highest BCUT2D eigenvalue weighted by atomic mass is 35.5. The topological polar surface area (TPSA) is 32.3 Å². The van der Waals surface area contributed by atoms with Crippen molar-refractivity contribution in [1.29, 1.82) is 0 Å². The Morgan fingerprint density at radius 2 is 2.19 bits per heavy atom. The second-order valence-corrected chi connectivity index (χ2v) is 4.86. The molecule has 0 atom stereocenters. The fourth-order valence-electron chi connectivity index (χ4n) is 1.18. The van der Waals surface area contributed by atoms with Crippen LogP contribution in [0.25, 0.3) is 0 Å². The third kappa shape index (κ3) is 2.64. The second-order valence-electron chi connectivity index (χ2n) is 3.07. The molecule has 0 saturated heterocycles. The van der Waals surface area contributed by atoms with Crippen molar-refractivity contribution in [2.75, 3.05) is 11.1 Å². The van der Waals surface area contributed by atoms with Gasteiger partial charge in [-0.2, -0.15) is 0 Å². The van der Waals surface area contributed by atoms with E-state index in [2.05, 4.69) is 5.32 Å². The zero-order valence-corrected chi connectivity index (χ0v) is 10.4. The van der Waals surface area contributed by atoms with Gasteiger partial charge in [0.25, 0.3) is 0 Å². The predicted molar refractivity (Wildman–Crippen MR) is 68.9 cm³/mol. The molecule has 1 aliphatic rings. The Morgan fingerprint density at radius 3 is 2.81 bits per heavy atom. The lowest BCUT2D eigenvalue weighted by atomic mass is 10.3. The Hall–Kier alpha value is -0.840. The van der Waals surface area contributed by atoms with E-state index in [0.29, 0.717) is 15.7 Å². The number of amides is 2. The van der Waals surface area contributed by atoms with E-state index in [1.807, 2.05) is 6.08 Å². The molecule has 0 spiro atoms. The minimum Gasteiger partial charge on any atom is -0.307 e. The second kappa shape index (κ2) is 4.99. The molecule has 84 valence electrons. The summed E-state index contributed by atoms with van der Waals surface area (Å²) >= 11 is 13.0. The first-order chi connectivity index (χ1) is 7.66. The normalized spacial score (nSPS) is 14.2. The van der Waals surface area contributed by atoms with E-state index in [0.717, 1.165) is 5.75 Å². The number of carbonyl (C=O) groups is 1. The molecular formula is C10H8Cl2N2OS. The highest BCUT2D eigenvalue weighted by molar-refractivity contribution is 7.98. The molecule has 6 heteroatoms. The maximum Gasteiger partial charge on any atom is 0.336 e. The van der Waals surface area contributed by atoms with Crippen molar-refractivity contribution in [3.8, 4) is 0 Å². The monoisotopic (exact) mass is 274 g/mol. The molecule has 0 bridgehead atoms. The molecule has 0 radical (unpaired) electrons. The summed E-state index contributed by atoms with van der Waals surface area (Å²) in [6, 6.07) is 4.77. The minimum absolute atomic E-state index is 0.197. The van der Waals surface area contributed by atoms with Crippen LogP contribution in [0, 0.1) is 0 Å². The Morgan fingerprint density at radius 1 is 1.38 bits per heavy atom. The lowest BCUT2D eigenvalue weighted by molar-refractivity contribution is 0.245. The summed E-state index contributed by atoms with van der Waals surface area (Å²) < 4.78 is 1.53. The van der Waals surface area contributed by atoms with Crippen LogP contribution in [0.5, 0.6) is 0 Å². The van der Waals surface area contributed by atoms with E-state index in [9.17, 15) is 4.79 Å². The average Bonchev–Trinajstić information content (AvgIpc) is 2.77. The van der Waals surface area contributed by atoms with Gasteiger partial charge < -0.3 is 5.32 Å². The zero-order valence-electron chi connectivity index (χ0n) is 8.11. The number of anilines is 1. The largest absolute Gasteiger partial charge is 0.336 e. The number of urea groups is 1. The van der Waals surface area contributed by atoms with E-state index in [4.69, 9.17) is 23.2 Å². The number of benzene rings is 1. The van der Waals surface area contributed by atoms with Crippen LogP contribution in [0.2, 0.25) is 10.0 Å². The van der Waals surface area contributed by atoms with Crippen LogP contribution in [0.4, 0.5) is 10.5 Å². The third-order valence-electron chi connectivity index (χ3n) is 1.92. The van der Waals surface area contributed by atoms with Crippen LogP contribution in [-0.4, -0.2) is 16.1 Å². The average molecular weight is 275 g/mol. The van der Waals surface area contributed by atoms with Crippen LogP contribution in [-0.2, 0) is 0 Å². The summed E-state index contributed by atoms with van der Waals surface area (Å²) in [5, 5.41) is 3.61. The van der Waals surface area contributed by atoms with Crippen molar-refractivity contribution in [3.63, 3.8) is 0 Å². The van der Waals surface area contributed by atoms with Crippen molar-refractivity contribution >= 4 is 46.9 Å². The lowest BCUT2D eigenvalue weighted by Gasteiger charge is -2.13. The molecule has 2 amide bonds. The Balaban J connectivity index is 2.05. The molecule has 0 aromatic heterocycles. The summed E-state index contributed by atoms with van der Waals surface area (Å²) in [5.74, 6) is 0.814. The van der Waals surface area contributed by atoms with Gasteiger partial charge in [-0.25, -0.2) is 9.10 Å². The number of carbonyl (C=O) groups excluding carboxylic acids is 1. The van der Waals surface area contributed by atoms with Gasteiger partial charge in [-0.05, 0) is 30.1 Å². The molecule has 1 N–H and O–H groups in total. The summed E-state index contributed by atoms with van der Waals surface area (Å²) in [6.45, 7) is 0. The zero-order chi connectivity index (χ0) is 11.5. The summed E-state index contributed by atoms with van der Waals surface area (Å²) in [7, 11) is 0. The molecule has 3 nitrogen and oxygen atoms in total. The highest BCUT2D eigenvalue weighted by Gasteiger charge is 2.14. The summed E-state index contributed by atoms with van der Waals surface area (Å²) in [6.07, 6.45) is 3.65. The molecule has 16 heavy (non-hydrogen) atoms. The van der Waals surface area contributed by atoms with E-state index in [1.54, 1.807) is 24.4 Å². The maximum atomic E-state index is 11.7. The quantitative estimate of drug-likeness (QED) is 0.785. The van der Waals surface area contributed by atoms with Crippen molar-refractivity contribution < 1.29 is 4.79 Å².